The first-order chi connectivity index (χ1) is 16.6. The summed E-state index contributed by atoms with van der Waals surface area (Å²) in [5, 5.41) is 0.239. The van der Waals surface area contributed by atoms with Gasteiger partial charge in [-0.1, -0.05) is 11.3 Å². The third-order valence-electron chi connectivity index (χ3n) is 5.79. The molecule has 0 radical (unpaired) electrons. The van der Waals surface area contributed by atoms with E-state index in [4.69, 9.17) is 11.5 Å². The molecule has 3 heterocycles. The van der Waals surface area contributed by atoms with Crippen molar-refractivity contribution in [3.63, 3.8) is 0 Å². The molecule has 1 aromatic carbocycles. The number of nitrogens with two attached hydrogens (primary N) is 2. The lowest BCUT2D eigenvalue weighted by molar-refractivity contribution is -0.118. The van der Waals surface area contributed by atoms with Gasteiger partial charge in [-0.05, 0) is 43.3 Å². The highest BCUT2D eigenvalue weighted by atomic mass is 32.1. The van der Waals surface area contributed by atoms with Gasteiger partial charge in [-0.15, -0.1) is 0 Å². The van der Waals surface area contributed by atoms with Gasteiger partial charge in [0.05, 0.1) is 0 Å². The van der Waals surface area contributed by atoms with E-state index in [1.54, 1.807) is 24.0 Å². The number of amides is 1. The first-order valence-electron chi connectivity index (χ1n) is 10.8. The highest BCUT2D eigenvalue weighted by molar-refractivity contribution is 7.18. The Hall–Kier alpha value is -3.67. The molecule has 0 spiro atoms. The maximum Gasteiger partial charge on any atom is 0.251 e. The molecule has 0 bridgehead atoms. The standard InChI is InChI=1S/C23H23F3N6O2S/c1-13(21(28)34)32(16-5-3-15(24)4-6-16)22-30-20(27)19(35-22)18(33)14-2-7-17(29-12-14)31-10-8-23(25,26)9-11-31/h2-7,12-13H,8-11,27H2,1H3,(H2,28,34). The Labute approximate surface area is 203 Å². The molecule has 0 saturated carbocycles. The van der Waals surface area contributed by atoms with Gasteiger partial charge in [0.2, 0.25) is 11.7 Å². The van der Waals surface area contributed by atoms with Crippen molar-refractivity contribution in [2.24, 2.45) is 5.73 Å². The summed E-state index contributed by atoms with van der Waals surface area (Å²) < 4.78 is 40.3. The summed E-state index contributed by atoms with van der Waals surface area (Å²) >= 11 is 0.965. The number of hydrogen-bond donors (Lipinski definition) is 2. The van der Waals surface area contributed by atoms with Crippen LogP contribution in [0.25, 0.3) is 0 Å². The summed E-state index contributed by atoms with van der Waals surface area (Å²) in [5.74, 6) is -3.73. The minimum atomic E-state index is -2.67. The van der Waals surface area contributed by atoms with Crippen LogP contribution in [0, 0.1) is 5.82 Å². The second-order valence-corrected chi connectivity index (χ2v) is 9.19. The molecule has 35 heavy (non-hydrogen) atoms. The number of primary amides is 1. The molecule has 2 aromatic heterocycles. The predicted molar refractivity (Wildman–Crippen MR) is 128 cm³/mol. The molecule has 8 nitrogen and oxygen atoms in total. The summed E-state index contributed by atoms with van der Waals surface area (Å²) in [5.41, 5.74) is 12.2. The van der Waals surface area contributed by atoms with Crippen molar-refractivity contribution < 1.29 is 22.8 Å². The molecule has 1 fully saturated rings. The topological polar surface area (TPSA) is 118 Å². The number of aromatic nitrogens is 2. The van der Waals surface area contributed by atoms with Crippen LogP contribution in [0.3, 0.4) is 0 Å². The molecule has 1 atom stereocenters. The number of pyridine rings is 1. The van der Waals surface area contributed by atoms with Gasteiger partial charge < -0.3 is 21.3 Å². The number of anilines is 4. The van der Waals surface area contributed by atoms with E-state index < -0.39 is 29.5 Å². The number of nitrogen functional groups attached to an aromatic ring is 1. The van der Waals surface area contributed by atoms with Crippen molar-refractivity contribution in [3.8, 4) is 0 Å². The van der Waals surface area contributed by atoms with Crippen molar-refractivity contribution >= 4 is 45.5 Å². The molecule has 12 heteroatoms. The van der Waals surface area contributed by atoms with Gasteiger partial charge in [-0.2, -0.15) is 0 Å². The molecule has 4 N–H and O–H groups in total. The molecule has 3 aromatic rings. The van der Waals surface area contributed by atoms with Crippen molar-refractivity contribution in [2.75, 3.05) is 28.6 Å². The van der Waals surface area contributed by atoms with Crippen LogP contribution in [0.4, 0.5) is 35.6 Å². The minimum Gasteiger partial charge on any atom is -0.382 e. The molecular weight excluding hydrogens is 481 g/mol. The molecule has 1 unspecified atom stereocenters. The van der Waals surface area contributed by atoms with E-state index in [1.807, 2.05) is 0 Å². The number of ketones is 1. The highest BCUT2D eigenvalue weighted by Gasteiger charge is 2.34. The van der Waals surface area contributed by atoms with Gasteiger partial charge in [0.25, 0.3) is 5.92 Å². The molecular formula is C23H23F3N6O2S. The average molecular weight is 505 g/mol. The third-order valence-corrected chi connectivity index (χ3v) is 6.86. The van der Waals surface area contributed by atoms with Crippen molar-refractivity contribution in [1.29, 1.82) is 0 Å². The van der Waals surface area contributed by atoms with Gasteiger partial charge in [0, 0.05) is 43.4 Å². The van der Waals surface area contributed by atoms with Gasteiger partial charge in [0.15, 0.2) is 5.13 Å². The van der Waals surface area contributed by atoms with E-state index in [0.29, 0.717) is 11.5 Å². The zero-order chi connectivity index (χ0) is 25.3. The lowest BCUT2D eigenvalue weighted by Crippen LogP contribution is -2.39. The fourth-order valence-electron chi connectivity index (χ4n) is 3.72. The average Bonchev–Trinajstić information content (AvgIpc) is 3.21. The number of alkyl halides is 2. The van der Waals surface area contributed by atoms with E-state index >= 15 is 0 Å². The number of carbonyl (C=O) groups excluding carboxylic acids is 2. The Balaban J connectivity index is 1.58. The van der Waals surface area contributed by atoms with Crippen molar-refractivity contribution in [1.82, 2.24) is 9.97 Å². The third kappa shape index (κ3) is 5.21. The Morgan fingerprint density at radius 1 is 1.14 bits per heavy atom. The molecule has 4 rings (SSSR count). The number of carbonyl (C=O) groups is 2. The monoisotopic (exact) mass is 504 g/mol. The summed E-state index contributed by atoms with van der Waals surface area (Å²) in [7, 11) is 0. The van der Waals surface area contributed by atoms with Crippen LogP contribution in [0.2, 0.25) is 0 Å². The maximum atomic E-state index is 13.4. The number of hydrogen-bond acceptors (Lipinski definition) is 8. The number of benzene rings is 1. The second kappa shape index (κ2) is 9.53. The lowest BCUT2D eigenvalue weighted by Gasteiger charge is -2.32. The number of nitrogens with zero attached hydrogens (tertiary/aromatic N) is 4. The molecule has 1 aliphatic rings. The molecule has 1 amide bonds. The summed E-state index contributed by atoms with van der Waals surface area (Å²) in [6.45, 7) is 1.91. The molecule has 184 valence electrons. The van der Waals surface area contributed by atoms with Gasteiger partial charge >= 0.3 is 0 Å². The Bertz CT molecular complexity index is 1220. The van der Waals surface area contributed by atoms with E-state index in [2.05, 4.69) is 9.97 Å². The first-order valence-corrected chi connectivity index (χ1v) is 11.6. The van der Waals surface area contributed by atoms with Crippen molar-refractivity contribution in [2.45, 2.75) is 31.7 Å². The van der Waals surface area contributed by atoms with Crippen LogP contribution in [0.1, 0.15) is 35.0 Å². The number of piperidine rings is 1. The minimum absolute atomic E-state index is 0.0406. The quantitative estimate of drug-likeness (QED) is 0.471. The van der Waals surface area contributed by atoms with Crippen LogP contribution in [0.15, 0.2) is 42.6 Å². The summed E-state index contributed by atoms with van der Waals surface area (Å²) in [6, 6.07) is 7.70. The molecule has 1 saturated heterocycles. The Morgan fingerprint density at radius 2 is 1.80 bits per heavy atom. The Morgan fingerprint density at radius 3 is 2.37 bits per heavy atom. The maximum absolute atomic E-state index is 13.4. The van der Waals surface area contributed by atoms with Crippen molar-refractivity contribution in [3.05, 3.63) is 58.9 Å². The number of thiazole rings is 1. The van der Waals surface area contributed by atoms with Crippen LogP contribution in [-0.4, -0.2) is 46.7 Å². The summed E-state index contributed by atoms with van der Waals surface area (Å²) in [4.78, 5) is 37.0. The lowest BCUT2D eigenvalue weighted by atomic mass is 10.1. The van der Waals surface area contributed by atoms with Crippen LogP contribution < -0.4 is 21.3 Å². The molecule has 0 aliphatic carbocycles. The first kappa shape index (κ1) is 24.5. The van der Waals surface area contributed by atoms with Crippen LogP contribution in [0.5, 0.6) is 0 Å². The molecule has 1 aliphatic heterocycles. The number of rotatable bonds is 7. The Kier molecular flexibility index (Phi) is 6.66. The second-order valence-electron chi connectivity index (χ2n) is 8.21. The normalized spacial score (nSPS) is 16.1. The SMILES string of the molecule is CC(C(N)=O)N(c1ccc(F)cc1)c1nc(N)c(C(=O)c2ccc(N3CCC(F)(F)CC3)nc2)s1. The van der Waals surface area contributed by atoms with Crippen LogP contribution >= 0.6 is 11.3 Å². The predicted octanol–water partition coefficient (Wildman–Crippen LogP) is 3.74. The fraction of sp³-hybridized carbons (Fsp3) is 0.304. The fourth-order valence-corrected chi connectivity index (χ4v) is 4.77. The number of halogens is 3. The zero-order valence-electron chi connectivity index (χ0n) is 18.7. The van der Waals surface area contributed by atoms with E-state index in [0.717, 1.165) is 11.3 Å². The van der Waals surface area contributed by atoms with E-state index in [-0.39, 0.29) is 47.3 Å². The zero-order valence-corrected chi connectivity index (χ0v) is 19.6. The van der Waals surface area contributed by atoms with E-state index in [1.165, 1.54) is 35.4 Å². The van der Waals surface area contributed by atoms with Gasteiger partial charge in [0.1, 0.15) is 28.4 Å². The smallest absolute Gasteiger partial charge is 0.251 e. The van der Waals surface area contributed by atoms with Crippen LogP contribution in [-0.2, 0) is 4.79 Å². The largest absolute Gasteiger partial charge is 0.382 e. The van der Waals surface area contributed by atoms with Gasteiger partial charge in [-0.25, -0.2) is 23.1 Å². The highest BCUT2D eigenvalue weighted by Crippen LogP contribution is 2.36. The summed E-state index contributed by atoms with van der Waals surface area (Å²) in [6.07, 6.45) is 0.876. The van der Waals surface area contributed by atoms with E-state index in [9.17, 15) is 22.8 Å². The van der Waals surface area contributed by atoms with Gasteiger partial charge in [-0.3, -0.25) is 9.59 Å².